The number of hydrogen-bond donors (Lipinski definition) is 44. The smallest absolute Gasteiger partial charge is 0.547 e. The van der Waals surface area contributed by atoms with Gasteiger partial charge in [-0.05, 0) is 0 Å². The summed E-state index contributed by atoms with van der Waals surface area (Å²) >= 11 is 0. The molecule has 0 heterocycles. The molecular weight excluding hydrogens is 2020 g/mol. The number of carboxylic acid groups (broad SMARTS) is 10. The quantitative estimate of drug-likeness (QED) is 0.0199. The number of aliphatic hydroxyl groups is 40. The Balaban J connectivity index is -0.000000109. The maximum absolute atomic E-state index is 10.1. The van der Waals surface area contributed by atoms with Gasteiger partial charge in [0.1, 0.15) is 220 Å². The fourth-order valence-corrected chi connectivity index (χ4v) is 6.11. The first-order chi connectivity index (χ1) is 59.1. The molecule has 70 nitrogen and oxygen atoms in total. The third kappa shape index (κ3) is 61.9. The second kappa shape index (κ2) is 80.6. The summed E-state index contributed by atoms with van der Waals surface area (Å²) in [7, 11) is 0. The molecule has 44 N–H and O–H groups in total. The summed E-state index contributed by atoms with van der Waals surface area (Å²) in [6.07, 6.45) is -85.5. The van der Waals surface area contributed by atoms with Crippen molar-refractivity contribution in [1.82, 2.24) is 0 Å². The molecule has 0 aliphatic heterocycles. The summed E-state index contributed by atoms with van der Waals surface area (Å²) in [5.41, 5.74) is 0. The molecule has 0 aromatic carbocycles. The first-order valence-electron chi connectivity index (χ1n) is 33.1. The van der Waals surface area contributed by atoms with Crippen molar-refractivity contribution in [3.05, 3.63) is 0 Å². The van der Waals surface area contributed by atoms with Crippen molar-refractivity contribution in [3.8, 4) is 0 Å². The molecule has 0 saturated heterocycles. The van der Waals surface area contributed by atoms with E-state index in [0.29, 0.717) is 0 Å². The minimum Gasteiger partial charge on any atom is -0.547 e. The molecule has 0 rings (SSSR count). The maximum Gasteiger partial charge on any atom is 2.00 e. The fraction of sp³-hybridized carbons (Fsp3) is 0.667. The summed E-state index contributed by atoms with van der Waals surface area (Å²) in [4.78, 5) is 199. The van der Waals surface area contributed by atoms with Gasteiger partial charge in [0.25, 0.3) is 0 Å². The molecule has 0 aromatic heterocycles. The summed E-state index contributed by atoms with van der Waals surface area (Å²) < 4.78 is 0. The SMILES string of the molecule is O=C[C@H](O)[C@@H](O)[C@@H](O)[C@H](O)C(=O)O.O=C[C@H](O)[C@@H](O)[C@@H](O)[C@H](O)C(=O)O.O=C[C@H](O)[C@@H](O)[C@@H](O)[C@H](O)C(=O)O.O=C[C@H](O)[C@@H](O)[C@@H](O)[C@H](O)C(=O)O.O=C[C@H](O)[C@@H](O)[C@@H](O)[C@H](O)C(=O)[O-].O=C[C@H](O)[C@@H](O)[C@@H](O)[C@H](O)C(=O)[O-].O=C[C@H](O)[C@@H](O)[C@@H](O)[C@H](O)C(=O)[O-].O=C[C@H](O)[C@@H](O)[C@@H](O)[C@H](O)C(=O)[O-].O=C[C@H](O)[C@@H](O)[C@@H](O)[C@H](O)C(=O)[O-].O=C[C@H](O)[C@@H](O)[C@@H](O)[C@H](O)C(=O)[O-].[Co+2].[Cu+2].[Fe+2]. The van der Waals surface area contributed by atoms with Crippen LogP contribution in [-0.2, 0) is 147 Å². The summed E-state index contributed by atoms with van der Waals surface area (Å²) in [6.45, 7) is 0. The third-order valence-corrected chi connectivity index (χ3v) is 14.1. The van der Waals surface area contributed by atoms with Crippen LogP contribution in [0.1, 0.15) is 0 Å². The van der Waals surface area contributed by atoms with Crippen molar-refractivity contribution in [3.63, 3.8) is 0 Å². The van der Waals surface area contributed by atoms with Gasteiger partial charge >= 0.3 is 74.8 Å². The minimum absolute atomic E-state index is 0. The molecule has 0 amide bonds. The minimum atomic E-state index is -2.36. The predicted octanol–water partition coefficient (Wildman–Crippen LogP) is -40.9. The van der Waals surface area contributed by atoms with Gasteiger partial charge in [-0.25, -0.2) is 19.2 Å². The van der Waals surface area contributed by atoms with E-state index >= 15 is 0 Å². The number of carboxylic acids is 10. The molecule has 0 spiro atoms. The summed E-state index contributed by atoms with van der Waals surface area (Å²) in [6, 6.07) is 0. The van der Waals surface area contributed by atoms with E-state index in [9.17, 15) is 127 Å². The molecule has 133 heavy (non-hydrogen) atoms. The average Bonchev–Trinajstić information content (AvgIpc) is 0.955. The maximum atomic E-state index is 10.1. The number of aliphatic hydroxyl groups excluding tert-OH is 40. The van der Waals surface area contributed by atoms with E-state index < -0.39 is 304 Å². The van der Waals surface area contributed by atoms with Crippen LogP contribution in [0.25, 0.3) is 0 Å². The van der Waals surface area contributed by atoms with Crippen LogP contribution in [0.4, 0.5) is 0 Å². The van der Waals surface area contributed by atoms with Gasteiger partial charge in [-0.2, -0.15) is 0 Å². The van der Waals surface area contributed by atoms with E-state index in [0.717, 1.165) is 0 Å². The van der Waals surface area contributed by atoms with Crippen LogP contribution < -0.4 is 30.6 Å². The number of carbonyl (C=O) groups excluding carboxylic acids is 16. The number of carbonyl (C=O) groups is 20. The Labute approximate surface area is 766 Å². The van der Waals surface area contributed by atoms with Crippen LogP contribution in [0.15, 0.2) is 0 Å². The standard InChI is InChI=1S/10C6H10O7.Co.Cu.Fe/c10*7-1-2(8)3(9)4(10)5(11)6(12)13;;;/h10*1-5,8-11H,(H,12,13);;;/q;;;;;;;;;;3*+2/p-6/t10*2-,3+,4+,5-;;;/m0000000000.../s1. The zero-order valence-corrected chi connectivity index (χ0v) is 68.2. The van der Waals surface area contributed by atoms with Crippen molar-refractivity contribution < 1.29 is 402 Å². The van der Waals surface area contributed by atoms with Crippen LogP contribution in [0, 0.1) is 0 Å². The van der Waals surface area contributed by atoms with Gasteiger partial charge in [-0.15, -0.1) is 0 Å². The number of rotatable bonds is 50. The van der Waals surface area contributed by atoms with Gasteiger partial charge in [0.2, 0.25) is 0 Å². The Morgan fingerprint density at radius 3 is 0.256 bits per heavy atom. The first-order valence-corrected chi connectivity index (χ1v) is 33.1. The summed E-state index contributed by atoms with van der Waals surface area (Å²) in [5.74, 6) is -19.1. The first kappa shape index (κ1) is 153. The second-order valence-corrected chi connectivity index (χ2v) is 23.8. The molecule has 2 radical (unpaired) electrons. The molecule has 0 aromatic rings. The van der Waals surface area contributed by atoms with Crippen molar-refractivity contribution in [1.29, 1.82) is 0 Å². The van der Waals surface area contributed by atoms with Crippen LogP contribution >= 0.6 is 0 Å². The molecule has 40 atom stereocenters. The van der Waals surface area contributed by atoms with Gasteiger partial charge in [-0.1, -0.05) is 0 Å². The van der Waals surface area contributed by atoms with E-state index in [1.807, 2.05) is 0 Å². The Morgan fingerprint density at radius 1 is 0.150 bits per heavy atom. The Kier molecular flexibility index (Phi) is 92.5. The molecule has 0 aliphatic rings. The Morgan fingerprint density at radius 2 is 0.211 bits per heavy atom. The van der Waals surface area contributed by atoms with Crippen molar-refractivity contribution >= 4 is 123 Å². The fourth-order valence-electron chi connectivity index (χ4n) is 6.11. The van der Waals surface area contributed by atoms with Crippen LogP contribution in [0.3, 0.4) is 0 Å². The van der Waals surface area contributed by atoms with Gasteiger partial charge in [-0.3, -0.25) is 0 Å². The topological polar surface area (TPSA) is 1370 Å². The molecule has 0 unspecified atom stereocenters. The van der Waals surface area contributed by atoms with E-state index in [1.165, 1.54) is 0 Å². The number of aldehydes is 10. The second-order valence-electron chi connectivity index (χ2n) is 23.8. The average molecular weight is 2110 g/mol. The van der Waals surface area contributed by atoms with E-state index in [1.54, 1.807) is 0 Å². The van der Waals surface area contributed by atoms with E-state index in [4.69, 9.17) is 225 Å². The van der Waals surface area contributed by atoms with Crippen molar-refractivity contribution in [2.75, 3.05) is 0 Å². The van der Waals surface area contributed by atoms with Gasteiger partial charge < -0.3 is 332 Å². The number of aliphatic carboxylic acids is 10. The van der Waals surface area contributed by atoms with Crippen LogP contribution in [-0.4, -0.2) is 591 Å². The normalized spacial score (nSPS) is 19.5. The molecule has 782 valence electrons. The molecular formula is C60H94CoCuFeO70. The Bertz CT molecular complexity index is 2640. The molecule has 0 fully saturated rings. The van der Waals surface area contributed by atoms with Gasteiger partial charge in [0.05, 0.1) is 35.8 Å². The zero-order valence-electron chi connectivity index (χ0n) is 65.1. The molecule has 73 heteroatoms. The number of hydrogen-bond acceptors (Lipinski definition) is 66. The zero-order chi connectivity index (χ0) is 106. The summed E-state index contributed by atoms with van der Waals surface area (Å²) in [5, 5.41) is 442. The Hall–Kier alpha value is -8.65. The van der Waals surface area contributed by atoms with E-state index in [2.05, 4.69) is 0 Å². The molecule has 0 saturated carbocycles. The van der Waals surface area contributed by atoms with Crippen LogP contribution in [0.5, 0.6) is 0 Å². The third-order valence-electron chi connectivity index (χ3n) is 14.1. The van der Waals surface area contributed by atoms with Crippen LogP contribution in [0.2, 0.25) is 0 Å². The molecule has 0 bridgehead atoms. The van der Waals surface area contributed by atoms with Crippen molar-refractivity contribution in [2.24, 2.45) is 0 Å². The van der Waals surface area contributed by atoms with E-state index in [-0.39, 0.29) is 114 Å². The molecule has 0 aliphatic carbocycles. The van der Waals surface area contributed by atoms with Gasteiger partial charge in [0, 0.05) is 0 Å². The van der Waals surface area contributed by atoms with Gasteiger partial charge in [0.15, 0.2) is 87.3 Å². The predicted molar refractivity (Wildman–Crippen MR) is 361 cm³/mol. The largest absolute Gasteiger partial charge is 2.00 e. The monoisotopic (exact) mass is 2110 g/mol. The van der Waals surface area contributed by atoms with Crippen molar-refractivity contribution in [2.45, 2.75) is 244 Å².